The number of hydrogen-bond donors (Lipinski definition) is 0. The van der Waals surface area contributed by atoms with E-state index in [1.165, 1.54) is 31.7 Å². The van der Waals surface area contributed by atoms with Crippen molar-refractivity contribution in [2.75, 3.05) is 21.3 Å². The molecule has 98 valence electrons. The van der Waals surface area contributed by atoms with E-state index < -0.39 is 15.1 Å². The molecule has 0 aliphatic rings. The van der Waals surface area contributed by atoms with E-state index in [2.05, 4.69) is 13.8 Å². The van der Waals surface area contributed by atoms with Gasteiger partial charge in [0.15, 0.2) is 0 Å². The van der Waals surface area contributed by atoms with Crippen molar-refractivity contribution in [3.63, 3.8) is 0 Å². The topological polar surface area (TPSA) is 27.7 Å². The molecule has 0 heterocycles. The van der Waals surface area contributed by atoms with Crippen LogP contribution < -0.4 is 0 Å². The largest absolute Gasteiger partial charge is 0.335 e. The van der Waals surface area contributed by atoms with Gasteiger partial charge in [-0.3, -0.25) is 0 Å². The average molecular weight is 248 g/mol. The molecule has 0 saturated carbocycles. The van der Waals surface area contributed by atoms with Crippen LogP contribution in [0.1, 0.15) is 39.5 Å². The summed E-state index contributed by atoms with van der Waals surface area (Å²) in [7, 11) is 4.44. The second-order valence-electron chi connectivity index (χ2n) is 4.25. The predicted molar refractivity (Wildman–Crippen MR) is 70.4 cm³/mol. The highest BCUT2D eigenvalue weighted by Crippen LogP contribution is 2.21. The van der Waals surface area contributed by atoms with E-state index in [-0.39, 0.29) is 0 Å². The van der Waals surface area contributed by atoms with Crippen molar-refractivity contribution in [1.29, 1.82) is 0 Å². The molecule has 0 aromatic rings. The summed E-state index contributed by atoms with van der Waals surface area (Å²) in [6.45, 7) is 4.51. The van der Waals surface area contributed by atoms with Crippen LogP contribution in [0.25, 0.3) is 0 Å². The van der Waals surface area contributed by atoms with Crippen LogP contribution in [0.5, 0.6) is 0 Å². The Labute approximate surface area is 103 Å². The maximum absolute atomic E-state index is 5.35. The van der Waals surface area contributed by atoms with Crippen molar-refractivity contribution in [3.8, 4) is 0 Å². The molecule has 16 heavy (non-hydrogen) atoms. The van der Waals surface area contributed by atoms with E-state index in [1.54, 1.807) is 21.3 Å². The molecule has 0 aromatic carbocycles. The number of ether oxygens (including phenoxy) is 3. The third-order valence-electron chi connectivity index (χ3n) is 3.34. The van der Waals surface area contributed by atoms with Crippen LogP contribution in [-0.2, 0) is 14.2 Å². The van der Waals surface area contributed by atoms with Crippen LogP contribution in [0.2, 0.25) is 6.04 Å². The zero-order chi connectivity index (χ0) is 12.4. The first-order valence-electron chi connectivity index (χ1n) is 6.33. The van der Waals surface area contributed by atoms with Gasteiger partial charge in [0.25, 0.3) is 0 Å². The minimum atomic E-state index is -0.709. The van der Waals surface area contributed by atoms with Crippen molar-refractivity contribution in [3.05, 3.63) is 0 Å². The van der Waals surface area contributed by atoms with Crippen LogP contribution in [-0.4, -0.2) is 36.4 Å². The standard InChI is InChI=1S/C12H28O3Si/c1-6-8-9-11(7-2)10-16-12(13-3,14-4)15-5/h11H,6-10,16H2,1-5H3. The first-order chi connectivity index (χ1) is 7.67. The molecule has 0 aromatic heterocycles. The minimum absolute atomic E-state index is 0.535. The Kier molecular flexibility index (Phi) is 9.22. The average Bonchev–Trinajstić information content (AvgIpc) is 2.35. The van der Waals surface area contributed by atoms with Gasteiger partial charge in [-0.15, -0.1) is 0 Å². The Bertz CT molecular complexity index is 152. The summed E-state index contributed by atoms with van der Waals surface area (Å²) in [5.74, 6) is 0.812. The predicted octanol–water partition coefficient (Wildman–Crippen LogP) is 2.34. The summed E-state index contributed by atoms with van der Waals surface area (Å²) in [6.07, 6.45) is 5.18. The van der Waals surface area contributed by atoms with Crippen molar-refractivity contribution < 1.29 is 14.2 Å². The highest BCUT2D eigenvalue weighted by molar-refractivity contribution is 6.38. The van der Waals surface area contributed by atoms with Crippen molar-refractivity contribution in [2.24, 2.45) is 5.92 Å². The summed E-state index contributed by atoms with van der Waals surface area (Å²) >= 11 is 0. The van der Waals surface area contributed by atoms with Crippen molar-refractivity contribution in [2.45, 2.75) is 51.2 Å². The van der Waals surface area contributed by atoms with Gasteiger partial charge in [0.1, 0.15) is 9.52 Å². The Balaban J connectivity index is 4.05. The Morgan fingerprint density at radius 1 is 1.06 bits per heavy atom. The van der Waals surface area contributed by atoms with Gasteiger partial charge in [-0.2, -0.15) is 0 Å². The molecule has 0 fully saturated rings. The van der Waals surface area contributed by atoms with Gasteiger partial charge in [0.2, 0.25) is 5.60 Å². The molecule has 1 unspecified atom stereocenters. The molecule has 1 atom stereocenters. The summed E-state index contributed by atoms with van der Waals surface area (Å²) in [4.78, 5) is 0. The smallest absolute Gasteiger partial charge is 0.248 e. The molecule has 0 spiro atoms. The van der Waals surface area contributed by atoms with Crippen LogP contribution in [0.4, 0.5) is 0 Å². The summed E-state index contributed by atoms with van der Waals surface area (Å²) < 4.78 is 16.1. The third-order valence-corrected chi connectivity index (χ3v) is 5.92. The van der Waals surface area contributed by atoms with Gasteiger partial charge < -0.3 is 14.2 Å². The highest BCUT2D eigenvalue weighted by Gasteiger charge is 2.29. The second kappa shape index (κ2) is 9.16. The van der Waals surface area contributed by atoms with Gasteiger partial charge in [-0.05, 0) is 5.92 Å². The van der Waals surface area contributed by atoms with Gasteiger partial charge in [-0.1, -0.05) is 45.6 Å². The van der Waals surface area contributed by atoms with Crippen LogP contribution in [0.15, 0.2) is 0 Å². The lowest BCUT2D eigenvalue weighted by Gasteiger charge is -2.30. The fourth-order valence-electron chi connectivity index (χ4n) is 1.98. The second-order valence-corrected chi connectivity index (χ2v) is 6.19. The van der Waals surface area contributed by atoms with E-state index in [0.717, 1.165) is 5.92 Å². The quantitative estimate of drug-likeness (QED) is 0.439. The van der Waals surface area contributed by atoms with Gasteiger partial charge in [-0.25, -0.2) is 0 Å². The van der Waals surface area contributed by atoms with Crippen LogP contribution in [0, 0.1) is 5.92 Å². The molecule has 0 N–H and O–H groups in total. The lowest BCUT2D eigenvalue weighted by atomic mass is 10.0. The van der Waals surface area contributed by atoms with Crippen molar-refractivity contribution in [1.82, 2.24) is 0 Å². The van der Waals surface area contributed by atoms with E-state index in [4.69, 9.17) is 14.2 Å². The van der Waals surface area contributed by atoms with Crippen LogP contribution in [0.3, 0.4) is 0 Å². The van der Waals surface area contributed by atoms with Gasteiger partial charge >= 0.3 is 0 Å². The summed E-state index contributed by atoms with van der Waals surface area (Å²) in [5.41, 5.74) is -0.709. The fraction of sp³-hybridized carbons (Fsp3) is 1.00. The Morgan fingerprint density at radius 3 is 2.00 bits per heavy atom. The summed E-state index contributed by atoms with van der Waals surface area (Å²) in [5, 5.41) is 0. The fourth-order valence-corrected chi connectivity index (χ4v) is 4.05. The van der Waals surface area contributed by atoms with E-state index in [1.807, 2.05) is 0 Å². The molecule has 0 saturated heterocycles. The minimum Gasteiger partial charge on any atom is -0.335 e. The number of hydrogen-bond acceptors (Lipinski definition) is 3. The first kappa shape index (κ1) is 16.1. The number of methoxy groups -OCH3 is 3. The SMILES string of the molecule is CCCCC(CC)C[SiH2]C(OC)(OC)OC. The molecular weight excluding hydrogens is 220 g/mol. The van der Waals surface area contributed by atoms with Crippen molar-refractivity contribution >= 4 is 9.52 Å². The lowest BCUT2D eigenvalue weighted by Crippen LogP contribution is -2.43. The van der Waals surface area contributed by atoms with E-state index in [0.29, 0.717) is 0 Å². The molecule has 0 aliphatic carbocycles. The zero-order valence-corrected chi connectivity index (χ0v) is 13.0. The molecule has 0 rings (SSSR count). The maximum atomic E-state index is 5.35. The Hall–Kier alpha value is 0.0969. The van der Waals surface area contributed by atoms with Gasteiger partial charge in [0, 0.05) is 21.3 Å². The molecule has 4 heteroatoms. The van der Waals surface area contributed by atoms with E-state index in [9.17, 15) is 0 Å². The normalized spacial score (nSPS) is 14.8. The molecule has 0 radical (unpaired) electrons. The highest BCUT2D eigenvalue weighted by atomic mass is 28.2. The number of unbranched alkanes of at least 4 members (excludes halogenated alkanes) is 1. The molecule has 0 aliphatic heterocycles. The Morgan fingerprint density at radius 2 is 1.62 bits per heavy atom. The maximum Gasteiger partial charge on any atom is 0.248 e. The molecule has 0 amide bonds. The van der Waals surface area contributed by atoms with Gasteiger partial charge in [0.05, 0.1) is 0 Å². The van der Waals surface area contributed by atoms with Crippen LogP contribution >= 0.6 is 0 Å². The lowest BCUT2D eigenvalue weighted by molar-refractivity contribution is -0.295. The molecule has 3 nitrogen and oxygen atoms in total. The third kappa shape index (κ3) is 5.43. The molecular formula is C12H28O3Si. The van der Waals surface area contributed by atoms with E-state index >= 15 is 0 Å². The zero-order valence-electron chi connectivity index (χ0n) is 11.5. The summed E-state index contributed by atoms with van der Waals surface area (Å²) in [6, 6.07) is 1.23. The molecule has 0 bridgehead atoms. The monoisotopic (exact) mass is 248 g/mol. The first-order valence-corrected chi connectivity index (χ1v) is 8.04. The number of rotatable bonds is 10.